The van der Waals surface area contributed by atoms with Gasteiger partial charge in [0.2, 0.25) is 0 Å². The molecule has 76 valence electrons. The average Bonchev–Trinajstić information content (AvgIpc) is 2.26. The Kier molecular flexibility index (Phi) is 2.07. The third kappa shape index (κ3) is 1.37. The van der Waals surface area contributed by atoms with Crippen LogP contribution in [0.4, 0.5) is 0 Å². The Morgan fingerprint density at radius 2 is 2.14 bits per heavy atom. The number of nitrogens with zero attached hydrogens (tertiary/aromatic N) is 1. The van der Waals surface area contributed by atoms with E-state index in [1.807, 2.05) is 0 Å². The smallest absolute Gasteiger partial charge is 0.0704 e. The zero-order chi connectivity index (χ0) is 9.38. The van der Waals surface area contributed by atoms with Gasteiger partial charge >= 0.3 is 0 Å². The molecule has 3 aliphatic rings. The van der Waals surface area contributed by atoms with E-state index in [4.69, 9.17) is 4.99 Å². The molecule has 0 spiro atoms. The highest BCUT2D eigenvalue weighted by Gasteiger charge is 2.30. The number of hydrogen-bond donors (Lipinski definition) is 1. The fourth-order valence-corrected chi connectivity index (χ4v) is 2.88. The predicted octanol–water partition coefficient (Wildman–Crippen LogP) is 2.41. The molecule has 0 aromatic rings. The van der Waals surface area contributed by atoms with Crippen LogP contribution in [0.2, 0.25) is 0 Å². The van der Waals surface area contributed by atoms with Gasteiger partial charge in [0.05, 0.1) is 17.5 Å². The molecule has 0 aromatic heterocycles. The van der Waals surface area contributed by atoms with Crippen molar-refractivity contribution in [3.63, 3.8) is 0 Å². The molecule has 0 unspecified atom stereocenters. The maximum Gasteiger partial charge on any atom is 0.0704 e. The SMILES string of the molecule is C1=C2N[C@H]3CCCC[C@H]3N=C2CCC1. The highest BCUT2D eigenvalue weighted by Crippen LogP contribution is 2.28. The first kappa shape index (κ1) is 8.51. The molecule has 1 aliphatic heterocycles. The summed E-state index contributed by atoms with van der Waals surface area (Å²) in [6.07, 6.45) is 11.4. The van der Waals surface area contributed by atoms with Crippen LogP contribution in [0.15, 0.2) is 16.8 Å². The largest absolute Gasteiger partial charge is 0.379 e. The summed E-state index contributed by atoms with van der Waals surface area (Å²) in [7, 11) is 0. The van der Waals surface area contributed by atoms with Gasteiger partial charge in [-0.25, -0.2) is 0 Å². The van der Waals surface area contributed by atoms with Gasteiger partial charge in [-0.15, -0.1) is 0 Å². The van der Waals surface area contributed by atoms with Crippen LogP contribution in [0.1, 0.15) is 44.9 Å². The third-order valence-electron chi connectivity index (χ3n) is 3.67. The molecule has 2 aliphatic carbocycles. The lowest BCUT2D eigenvalue weighted by molar-refractivity contribution is 0.340. The van der Waals surface area contributed by atoms with Crippen LogP contribution in [0.25, 0.3) is 0 Å². The lowest BCUT2D eigenvalue weighted by atomic mass is 9.87. The Morgan fingerprint density at radius 3 is 3.14 bits per heavy atom. The molecule has 1 N–H and O–H groups in total. The number of hydrogen-bond acceptors (Lipinski definition) is 2. The highest BCUT2D eigenvalue weighted by molar-refractivity contribution is 6.01. The molecule has 1 heterocycles. The molecule has 1 saturated carbocycles. The summed E-state index contributed by atoms with van der Waals surface area (Å²) in [5.41, 5.74) is 2.72. The quantitative estimate of drug-likeness (QED) is 0.623. The van der Waals surface area contributed by atoms with Crippen molar-refractivity contribution < 1.29 is 0 Å². The molecule has 2 nitrogen and oxygen atoms in total. The molecule has 0 amide bonds. The lowest BCUT2D eigenvalue weighted by Crippen LogP contribution is -2.47. The van der Waals surface area contributed by atoms with Crippen LogP contribution in [-0.2, 0) is 0 Å². The number of fused-ring (bicyclic) bond motifs is 2. The van der Waals surface area contributed by atoms with Gasteiger partial charge in [0.25, 0.3) is 0 Å². The Labute approximate surface area is 85.5 Å². The molecule has 2 atom stereocenters. The molecule has 0 saturated heterocycles. The summed E-state index contributed by atoms with van der Waals surface area (Å²) in [6.45, 7) is 0. The van der Waals surface area contributed by atoms with Gasteiger partial charge in [0.15, 0.2) is 0 Å². The van der Waals surface area contributed by atoms with Crippen LogP contribution in [0.3, 0.4) is 0 Å². The maximum atomic E-state index is 4.91. The van der Waals surface area contributed by atoms with E-state index in [0.717, 1.165) is 0 Å². The summed E-state index contributed by atoms with van der Waals surface area (Å²) in [4.78, 5) is 4.91. The normalized spacial score (nSPS) is 36.0. The predicted molar refractivity (Wildman–Crippen MR) is 58.5 cm³/mol. The molecule has 3 rings (SSSR count). The Morgan fingerprint density at radius 1 is 1.21 bits per heavy atom. The van der Waals surface area contributed by atoms with Crippen molar-refractivity contribution >= 4 is 5.71 Å². The molecular weight excluding hydrogens is 172 g/mol. The first-order chi connectivity index (χ1) is 6.93. The van der Waals surface area contributed by atoms with Gasteiger partial charge in [0, 0.05) is 6.04 Å². The van der Waals surface area contributed by atoms with E-state index in [9.17, 15) is 0 Å². The van der Waals surface area contributed by atoms with Crippen molar-refractivity contribution in [1.29, 1.82) is 0 Å². The fourth-order valence-electron chi connectivity index (χ4n) is 2.88. The van der Waals surface area contributed by atoms with Gasteiger partial charge in [-0.2, -0.15) is 0 Å². The minimum Gasteiger partial charge on any atom is -0.379 e. The topological polar surface area (TPSA) is 24.4 Å². The number of nitrogens with one attached hydrogen (secondary N) is 1. The van der Waals surface area contributed by atoms with E-state index in [1.165, 1.54) is 56.4 Å². The van der Waals surface area contributed by atoms with E-state index in [2.05, 4.69) is 11.4 Å². The first-order valence-corrected chi connectivity index (χ1v) is 5.97. The van der Waals surface area contributed by atoms with Crippen molar-refractivity contribution in [2.75, 3.05) is 0 Å². The molecule has 0 bridgehead atoms. The molecule has 1 fully saturated rings. The minimum absolute atomic E-state index is 0.592. The first-order valence-electron chi connectivity index (χ1n) is 5.97. The van der Waals surface area contributed by atoms with E-state index in [1.54, 1.807) is 0 Å². The summed E-state index contributed by atoms with van der Waals surface area (Å²) < 4.78 is 0. The van der Waals surface area contributed by atoms with Crippen molar-refractivity contribution in [1.82, 2.24) is 5.32 Å². The Bertz CT molecular complexity index is 291. The lowest BCUT2D eigenvalue weighted by Gasteiger charge is -2.37. The zero-order valence-electron chi connectivity index (χ0n) is 8.63. The third-order valence-corrected chi connectivity index (χ3v) is 3.67. The van der Waals surface area contributed by atoms with Crippen molar-refractivity contribution in [2.24, 2.45) is 4.99 Å². The van der Waals surface area contributed by atoms with Crippen LogP contribution < -0.4 is 5.32 Å². The van der Waals surface area contributed by atoms with Gasteiger partial charge in [-0.1, -0.05) is 18.9 Å². The molecule has 14 heavy (non-hydrogen) atoms. The summed E-state index contributed by atoms with van der Waals surface area (Å²) in [5.74, 6) is 0. The second-order valence-electron chi connectivity index (χ2n) is 4.69. The van der Waals surface area contributed by atoms with Crippen molar-refractivity contribution in [2.45, 2.75) is 57.0 Å². The van der Waals surface area contributed by atoms with Crippen LogP contribution in [-0.4, -0.2) is 17.8 Å². The monoisotopic (exact) mass is 190 g/mol. The minimum atomic E-state index is 0.592. The fraction of sp³-hybridized carbons (Fsp3) is 0.750. The summed E-state index contributed by atoms with van der Waals surface area (Å²) in [6, 6.07) is 1.24. The Hall–Kier alpha value is -0.790. The van der Waals surface area contributed by atoms with E-state index in [-0.39, 0.29) is 0 Å². The average molecular weight is 190 g/mol. The maximum absolute atomic E-state index is 4.91. The van der Waals surface area contributed by atoms with E-state index >= 15 is 0 Å². The number of allylic oxidation sites excluding steroid dienone is 2. The van der Waals surface area contributed by atoms with Crippen molar-refractivity contribution in [3.8, 4) is 0 Å². The van der Waals surface area contributed by atoms with Crippen LogP contribution >= 0.6 is 0 Å². The van der Waals surface area contributed by atoms with E-state index in [0.29, 0.717) is 12.1 Å². The van der Waals surface area contributed by atoms with Crippen molar-refractivity contribution in [3.05, 3.63) is 11.8 Å². The number of aliphatic imine (C=N–C) groups is 1. The Balaban J connectivity index is 1.88. The number of rotatable bonds is 0. The van der Waals surface area contributed by atoms with Gasteiger partial charge in [0.1, 0.15) is 0 Å². The van der Waals surface area contributed by atoms with Gasteiger partial charge < -0.3 is 5.32 Å². The highest BCUT2D eigenvalue weighted by atomic mass is 15.1. The summed E-state index contributed by atoms with van der Waals surface area (Å²) in [5, 5.41) is 3.69. The van der Waals surface area contributed by atoms with Crippen LogP contribution in [0.5, 0.6) is 0 Å². The standard InChI is InChI=1S/C12H18N2/c1-2-6-10-9(5-1)13-11-7-3-4-8-12(11)14-10/h5,11-13H,1-4,6-8H2/t11-,12+/m0/s1. The molecule has 0 radical (unpaired) electrons. The van der Waals surface area contributed by atoms with Gasteiger partial charge in [-0.05, 0) is 32.1 Å². The van der Waals surface area contributed by atoms with Gasteiger partial charge in [-0.3, -0.25) is 4.99 Å². The second kappa shape index (κ2) is 3.41. The molecule has 2 heteroatoms. The molecular formula is C12H18N2. The zero-order valence-corrected chi connectivity index (χ0v) is 8.63. The van der Waals surface area contributed by atoms with E-state index < -0.39 is 0 Å². The molecule has 0 aromatic carbocycles. The van der Waals surface area contributed by atoms with Crippen LogP contribution in [0, 0.1) is 0 Å². The summed E-state index contributed by atoms with van der Waals surface area (Å²) >= 11 is 0. The second-order valence-corrected chi connectivity index (χ2v) is 4.69.